The molecule has 7 aromatic carbocycles. The molecule has 0 spiro atoms. The van der Waals surface area contributed by atoms with Gasteiger partial charge in [-0.25, -0.2) is 0 Å². The van der Waals surface area contributed by atoms with Gasteiger partial charge in [0.25, 0.3) is 0 Å². The molecule has 0 amide bonds. The molecule has 2 aliphatic carbocycles. The van der Waals surface area contributed by atoms with Crippen LogP contribution in [0.25, 0.3) is 69.9 Å². The summed E-state index contributed by atoms with van der Waals surface area (Å²) in [5.41, 5.74) is 23.5. The molecule has 9 aromatic rings. The maximum atomic E-state index is 2.79. The minimum atomic E-state index is -0.137. The molecule has 4 heterocycles. The molecule has 4 heteroatoms. The standard InChI is InChI=1S/C61H59BN2S/c1-57(2,3)34-21-24-36(25-22-34)64-48-33-45-44(59(7,8)27-28-60(45,9)10)30-41(48)51-52-38-18-14-16-20-50(38)65-56(52)53-40-29-35(58(4,5)6)23-26-47(40)63-49-32-43-39(31-46(49)62(64)54(51)55(53)63)37-17-13-15-19-42(37)61(43,11)12/h13-26,29-33H,27-28H2,1-12H3. The first-order valence-corrected chi connectivity index (χ1v) is 24.9. The van der Waals surface area contributed by atoms with E-state index in [4.69, 9.17) is 0 Å². The Morgan fingerprint density at radius 1 is 0.554 bits per heavy atom. The van der Waals surface area contributed by atoms with Gasteiger partial charge in [0.05, 0.1) is 11.0 Å². The van der Waals surface area contributed by atoms with E-state index < -0.39 is 0 Å². The number of nitrogens with zero attached hydrogens (tertiary/aromatic N) is 2. The highest BCUT2D eigenvalue weighted by Gasteiger charge is 2.49. The normalized spacial score (nSPS) is 17.4. The predicted octanol–water partition coefficient (Wildman–Crippen LogP) is 15.6. The molecule has 0 radical (unpaired) electrons. The lowest BCUT2D eigenvalue weighted by Gasteiger charge is -2.46. The number of anilines is 2. The third-order valence-corrected chi connectivity index (χ3v) is 17.9. The van der Waals surface area contributed by atoms with Crippen LogP contribution in [-0.4, -0.2) is 11.4 Å². The molecule has 2 aliphatic heterocycles. The van der Waals surface area contributed by atoms with Gasteiger partial charge in [0, 0.05) is 59.0 Å². The fourth-order valence-electron chi connectivity index (χ4n) is 12.9. The largest absolute Gasteiger partial charge is 0.376 e. The van der Waals surface area contributed by atoms with Crippen molar-refractivity contribution in [3.8, 4) is 27.9 Å². The van der Waals surface area contributed by atoms with Crippen LogP contribution in [0.4, 0.5) is 11.4 Å². The van der Waals surface area contributed by atoms with Crippen LogP contribution in [0.1, 0.15) is 129 Å². The second-order valence-electron chi connectivity index (χ2n) is 24.0. The van der Waals surface area contributed by atoms with Gasteiger partial charge in [-0.15, -0.1) is 11.3 Å². The molecular formula is C61H59BN2S. The molecule has 65 heavy (non-hydrogen) atoms. The number of thiophene rings is 1. The summed E-state index contributed by atoms with van der Waals surface area (Å²) >= 11 is 2.00. The van der Waals surface area contributed by atoms with Crippen LogP contribution in [0.2, 0.25) is 0 Å². The Morgan fingerprint density at radius 3 is 1.92 bits per heavy atom. The van der Waals surface area contributed by atoms with Gasteiger partial charge in [-0.2, -0.15) is 0 Å². The zero-order chi connectivity index (χ0) is 45.1. The van der Waals surface area contributed by atoms with E-state index in [0.29, 0.717) is 0 Å². The average Bonchev–Trinajstić information content (AvgIpc) is 3.89. The van der Waals surface area contributed by atoms with Crippen molar-refractivity contribution in [1.82, 2.24) is 4.57 Å². The Labute approximate surface area is 389 Å². The third kappa shape index (κ3) is 5.13. The molecule has 13 rings (SSSR count). The smallest absolute Gasteiger partial charge is 0.333 e. The van der Waals surface area contributed by atoms with Crippen molar-refractivity contribution < 1.29 is 0 Å². The predicted molar refractivity (Wildman–Crippen MR) is 283 cm³/mol. The van der Waals surface area contributed by atoms with E-state index in [0.717, 1.165) is 0 Å². The van der Waals surface area contributed by atoms with Crippen molar-refractivity contribution in [3.05, 3.63) is 149 Å². The van der Waals surface area contributed by atoms with E-state index in [1.54, 1.807) is 0 Å². The maximum Gasteiger partial charge on any atom is 0.333 e. The molecule has 0 N–H and O–H groups in total. The average molecular weight is 863 g/mol. The van der Waals surface area contributed by atoms with E-state index in [-0.39, 0.29) is 33.9 Å². The zero-order valence-electron chi connectivity index (χ0n) is 40.3. The third-order valence-electron chi connectivity index (χ3n) is 16.7. The second-order valence-corrected chi connectivity index (χ2v) is 25.1. The zero-order valence-corrected chi connectivity index (χ0v) is 41.1. The van der Waals surface area contributed by atoms with Crippen LogP contribution in [0.15, 0.2) is 115 Å². The van der Waals surface area contributed by atoms with E-state index in [2.05, 4.69) is 208 Å². The molecule has 0 atom stereocenters. The summed E-state index contributed by atoms with van der Waals surface area (Å²) in [6.45, 7) is 28.8. The Kier molecular flexibility index (Phi) is 7.61. The first-order chi connectivity index (χ1) is 30.8. The van der Waals surface area contributed by atoms with Crippen LogP contribution in [0, 0.1) is 0 Å². The summed E-state index contributed by atoms with van der Waals surface area (Å²) in [7, 11) is 0. The lowest BCUT2D eigenvalue weighted by atomic mass is 9.43. The second kappa shape index (κ2) is 12.4. The number of fused-ring (bicyclic) bond motifs is 17. The van der Waals surface area contributed by atoms with Crippen LogP contribution >= 0.6 is 11.3 Å². The minimum Gasteiger partial charge on any atom is -0.376 e. The highest BCUT2D eigenvalue weighted by atomic mass is 32.1. The molecule has 0 bridgehead atoms. The molecule has 2 aromatic heterocycles. The first kappa shape index (κ1) is 39.8. The molecule has 0 saturated heterocycles. The van der Waals surface area contributed by atoms with E-state index in [9.17, 15) is 0 Å². The lowest BCUT2D eigenvalue weighted by Crippen LogP contribution is -2.60. The van der Waals surface area contributed by atoms with Gasteiger partial charge in [0.15, 0.2) is 0 Å². The van der Waals surface area contributed by atoms with Gasteiger partial charge in [-0.1, -0.05) is 150 Å². The van der Waals surface area contributed by atoms with E-state index >= 15 is 0 Å². The van der Waals surface area contributed by atoms with Crippen molar-refractivity contribution in [3.63, 3.8) is 0 Å². The van der Waals surface area contributed by atoms with Crippen LogP contribution in [-0.2, 0) is 27.1 Å². The Hall–Kier alpha value is -5.58. The van der Waals surface area contributed by atoms with E-state index in [1.807, 2.05) is 11.3 Å². The van der Waals surface area contributed by atoms with Crippen molar-refractivity contribution >= 4 is 82.5 Å². The minimum absolute atomic E-state index is 0.00196. The van der Waals surface area contributed by atoms with Gasteiger partial charge in [-0.05, 0) is 144 Å². The highest BCUT2D eigenvalue weighted by molar-refractivity contribution is 7.27. The van der Waals surface area contributed by atoms with Crippen molar-refractivity contribution in [2.75, 3.05) is 4.81 Å². The Morgan fingerprint density at radius 2 is 1.20 bits per heavy atom. The number of rotatable bonds is 1. The molecule has 0 unspecified atom stereocenters. The van der Waals surface area contributed by atoms with Crippen molar-refractivity contribution in [2.45, 2.75) is 123 Å². The molecule has 0 saturated carbocycles. The Balaban J connectivity index is 1.28. The number of aromatic nitrogens is 1. The lowest BCUT2D eigenvalue weighted by molar-refractivity contribution is 0.332. The van der Waals surface area contributed by atoms with Gasteiger partial charge in [0.1, 0.15) is 0 Å². The first-order valence-electron chi connectivity index (χ1n) is 24.1. The van der Waals surface area contributed by atoms with Crippen molar-refractivity contribution in [2.24, 2.45) is 0 Å². The van der Waals surface area contributed by atoms with Crippen molar-refractivity contribution in [1.29, 1.82) is 0 Å². The molecule has 4 aliphatic rings. The molecule has 322 valence electrons. The number of benzene rings is 7. The van der Waals surface area contributed by atoms with Crippen LogP contribution < -0.4 is 15.7 Å². The molecule has 0 fully saturated rings. The SMILES string of the molecule is CC(C)(C)c1ccc(N2B3c4cc5c(cc4-n4c6ccc(C(C)(C)C)cc6c6c7sc8ccccc8c7c(c3c64)-c3cc4c(cc32)C(C)(C)CCC4(C)C)C(C)(C)c2ccccc2-5)cc1. The Bertz CT molecular complexity index is 3600. The maximum absolute atomic E-state index is 2.79. The molecule has 2 nitrogen and oxygen atoms in total. The van der Waals surface area contributed by atoms with Gasteiger partial charge < -0.3 is 9.38 Å². The van der Waals surface area contributed by atoms with Gasteiger partial charge in [0.2, 0.25) is 0 Å². The topological polar surface area (TPSA) is 8.17 Å². The summed E-state index contributed by atoms with van der Waals surface area (Å²) in [4.78, 5) is 2.79. The summed E-state index contributed by atoms with van der Waals surface area (Å²) in [6, 6.07) is 46.2. The fraction of sp³-hybridized carbons (Fsp3) is 0.311. The number of hydrogen-bond donors (Lipinski definition) is 0. The molecular weight excluding hydrogens is 804 g/mol. The van der Waals surface area contributed by atoms with Gasteiger partial charge in [-0.3, -0.25) is 0 Å². The highest BCUT2D eigenvalue weighted by Crippen LogP contribution is 2.57. The summed E-state index contributed by atoms with van der Waals surface area (Å²) in [6.07, 6.45) is 2.35. The van der Waals surface area contributed by atoms with Gasteiger partial charge >= 0.3 is 6.85 Å². The van der Waals surface area contributed by atoms with Crippen LogP contribution in [0.3, 0.4) is 0 Å². The fourth-order valence-corrected chi connectivity index (χ4v) is 14.2. The summed E-state index contributed by atoms with van der Waals surface area (Å²) in [5.74, 6) is 0. The summed E-state index contributed by atoms with van der Waals surface area (Å²) in [5, 5.41) is 5.56. The monoisotopic (exact) mass is 862 g/mol. The quantitative estimate of drug-likeness (QED) is 0.149. The van der Waals surface area contributed by atoms with E-state index in [1.165, 1.54) is 138 Å². The number of hydrogen-bond acceptors (Lipinski definition) is 2. The van der Waals surface area contributed by atoms with Crippen LogP contribution in [0.5, 0.6) is 0 Å². The summed E-state index contributed by atoms with van der Waals surface area (Å²) < 4.78 is 5.50.